The van der Waals surface area contributed by atoms with Crippen molar-refractivity contribution in [3.63, 3.8) is 0 Å². The van der Waals surface area contributed by atoms with E-state index in [0.29, 0.717) is 5.92 Å². The smallest absolute Gasteiger partial charge is 0.152 e. The van der Waals surface area contributed by atoms with Gasteiger partial charge in [-0.2, -0.15) is 0 Å². The number of carbonyl (C=O) groups excluding carboxylic acids is 1. The van der Waals surface area contributed by atoms with Crippen LogP contribution in [-0.2, 0) is 4.79 Å². The molecule has 0 heterocycles. The quantitative estimate of drug-likeness (QED) is 0.447. The lowest BCUT2D eigenvalue weighted by atomic mass is 10.1. The second kappa shape index (κ2) is 5.90. The highest BCUT2D eigenvalue weighted by Gasteiger charge is 1.85. The normalized spacial score (nSPS) is 12.0. The van der Waals surface area contributed by atoms with Gasteiger partial charge in [-0.3, -0.25) is 4.79 Å². The molecule has 0 saturated heterocycles. The van der Waals surface area contributed by atoms with Crippen molar-refractivity contribution in [1.82, 2.24) is 0 Å². The molecule has 0 amide bonds. The summed E-state index contributed by atoms with van der Waals surface area (Å²) in [6, 6.07) is 0. The van der Waals surface area contributed by atoms with Crippen molar-refractivity contribution in [2.24, 2.45) is 5.92 Å². The lowest BCUT2D eigenvalue weighted by Crippen LogP contribution is -1.81. The fourth-order valence-electron chi connectivity index (χ4n) is 0.620. The standard InChI is InChI=1S/C10H16O/c1-9(2)7-5-4-6-8-10(3)11/h4-6,8-9H,7H2,1-3H3/b5-4+,8-6+. The molecule has 62 valence electrons. The molecule has 0 aliphatic heterocycles. The monoisotopic (exact) mass is 152 g/mol. The number of ketones is 1. The van der Waals surface area contributed by atoms with Crippen LogP contribution in [0.5, 0.6) is 0 Å². The number of hydrogen-bond acceptors (Lipinski definition) is 1. The summed E-state index contributed by atoms with van der Waals surface area (Å²) < 4.78 is 0. The Labute approximate surface area is 68.8 Å². The van der Waals surface area contributed by atoms with Crippen LogP contribution in [-0.4, -0.2) is 5.78 Å². The van der Waals surface area contributed by atoms with Crippen molar-refractivity contribution in [3.8, 4) is 0 Å². The average molecular weight is 152 g/mol. The predicted octanol–water partition coefficient (Wildman–Crippen LogP) is 2.73. The zero-order valence-corrected chi connectivity index (χ0v) is 7.50. The van der Waals surface area contributed by atoms with Gasteiger partial charge in [-0.1, -0.05) is 32.1 Å². The molecule has 0 N–H and O–H groups in total. The highest BCUT2D eigenvalue weighted by Crippen LogP contribution is 1.99. The van der Waals surface area contributed by atoms with Crippen LogP contribution in [0.25, 0.3) is 0 Å². The van der Waals surface area contributed by atoms with E-state index in [1.165, 1.54) is 0 Å². The highest BCUT2D eigenvalue weighted by molar-refractivity contribution is 5.87. The van der Waals surface area contributed by atoms with E-state index in [1.807, 2.05) is 6.08 Å². The summed E-state index contributed by atoms with van der Waals surface area (Å²) in [6.45, 7) is 5.88. The number of hydrogen-bond donors (Lipinski definition) is 0. The predicted molar refractivity (Wildman–Crippen MR) is 48.4 cm³/mol. The van der Waals surface area contributed by atoms with Crippen molar-refractivity contribution in [1.29, 1.82) is 0 Å². The fraction of sp³-hybridized carbons (Fsp3) is 0.500. The van der Waals surface area contributed by atoms with Crippen LogP contribution < -0.4 is 0 Å². The summed E-state index contributed by atoms with van der Waals surface area (Å²) >= 11 is 0. The molecule has 0 aromatic heterocycles. The summed E-state index contributed by atoms with van der Waals surface area (Å²) in [5.74, 6) is 0.788. The Morgan fingerprint density at radius 3 is 2.45 bits per heavy atom. The fourth-order valence-corrected chi connectivity index (χ4v) is 0.620. The first-order valence-corrected chi connectivity index (χ1v) is 3.96. The molecule has 0 bridgehead atoms. The number of rotatable bonds is 4. The molecule has 0 spiro atoms. The van der Waals surface area contributed by atoms with Gasteiger partial charge < -0.3 is 0 Å². The van der Waals surface area contributed by atoms with Crippen LogP contribution in [0.2, 0.25) is 0 Å². The molecule has 1 heteroatoms. The van der Waals surface area contributed by atoms with Gasteiger partial charge >= 0.3 is 0 Å². The third-order valence-electron chi connectivity index (χ3n) is 1.19. The van der Waals surface area contributed by atoms with Gasteiger partial charge in [0.2, 0.25) is 0 Å². The van der Waals surface area contributed by atoms with E-state index < -0.39 is 0 Å². The maximum atomic E-state index is 10.4. The topological polar surface area (TPSA) is 17.1 Å². The van der Waals surface area contributed by atoms with Gasteiger partial charge in [0.25, 0.3) is 0 Å². The minimum absolute atomic E-state index is 0.0965. The first-order chi connectivity index (χ1) is 5.13. The van der Waals surface area contributed by atoms with Gasteiger partial charge in [-0.15, -0.1) is 0 Å². The Morgan fingerprint density at radius 1 is 1.36 bits per heavy atom. The van der Waals surface area contributed by atoms with Crippen LogP contribution in [0.3, 0.4) is 0 Å². The second-order valence-electron chi connectivity index (χ2n) is 3.03. The van der Waals surface area contributed by atoms with Crippen molar-refractivity contribution in [2.75, 3.05) is 0 Å². The lowest BCUT2D eigenvalue weighted by molar-refractivity contribution is -0.112. The van der Waals surface area contributed by atoms with Crippen LogP contribution in [0.15, 0.2) is 24.3 Å². The van der Waals surface area contributed by atoms with Gasteiger partial charge in [-0.25, -0.2) is 0 Å². The molecule has 0 radical (unpaired) electrons. The second-order valence-corrected chi connectivity index (χ2v) is 3.03. The van der Waals surface area contributed by atoms with Gasteiger partial charge in [0.05, 0.1) is 0 Å². The van der Waals surface area contributed by atoms with Gasteiger partial charge in [-0.05, 0) is 25.3 Å². The third kappa shape index (κ3) is 9.15. The third-order valence-corrected chi connectivity index (χ3v) is 1.19. The van der Waals surface area contributed by atoms with Gasteiger partial charge in [0, 0.05) is 0 Å². The summed E-state index contributed by atoms with van der Waals surface area (Å²) in [5, 5.41) is 0. The van der Waals surface area contributed by atoms with E-state index in [-0.39, 0.29) is 5.78 Å². The maximum absolute atomic E-state index is 10.4. The first-order valence-electron chi connectivity index (χ1n) is 3.96. The maximum Gasteiger partial charge on any atom is 0.152 e. The number of allylic oxidation sites excluding steroid dienone is 4. The minimum atomic E-state index is 0.0965. The molecule has 1 nitrogen and oxygen atoms in total. The molecule has 0 rings (SSSR count). The zero-order valence-electron chi connectivity index (χ0n) is 7.50. The molecule has 0 aromatic rings. The Hall–Kier alpha value is -0.850. The van der Waals surface area contributed by atoms with Crippen LogP contribution in [0.1, 0.15) is 27.2 Å². The summed E-state index contributed by atoms with van der Waals surface area (Å²) in [5.41, 5.74) is 0. The molecule has 0 aliphatic carbocycles. The van der Waals surface area contributed by atoms with Crippen molar-refractivity contribution in [2.45, 2.75) is 27.2 Å². The Kier molecular flexibility index (Phi) is 5.44. The molecule has 0 unspecified atom stereocenters. The molecule has 0 saturated carbocycles. The van der Waals surface area contributed by atoms with Crippen molar-refractivity contribution in [3.05, 3.63) is 24.3 Å². The SMILES string of the molecule is CC(=O)/C=C/C=C/CC(C)C. The molecule has 11 heavy (non-hydrogen) atoms. The van der Waals surface area contributed by atoms with Crippen molar-refractivity contribution < 1.29 is 4.79 Å². The van der Waals surface area contributed by atoms with E-state index in [0.717, 1.165) is 6.42 Å². The van der Waals surface area contributed by atoms with E-state index >= 15 is 0 Å². The molecular formula is C10H16O. The molecule has 0 fully saturated rings. The summed E-state index contributed by atoms with van der Waals surface area (Å²) in [6.07, 6.45) is 8.41. The van der Waals surface area contributed by atoms with Crippen LogP contribution in [0.4, 0.5) is 0 Å². The van der Waals surface area contributed by atoms with Crippen molar-refractivity contribution >= 4 is 5.78 Å². The summed E-state index contributed by atoms with van der Waals surface area (Å²) in [4.78, 5) is 10.4. The van der Waals surface area contributed by atoms with E-state index in [4.69, 9.17) is 0 Å². The summed E-state index contributed by atoms with van der Waals surface area (Å²) in [7, 11) is 0. The Balaban J connectivity index is 3.52. The molecular weight excluding hydrogens is 136 g/mol. The highest BCUT2D eigenvalue weighted by atomic mass is 16.1. The molecule has 0 atom stereocenters. The van der Waals surface area contributed by atoms with Crippen LogP contribution in [0, 0.1) is 5.92 Å². The molecule has 0 aromatic carbocycles. The van der Waals surface area contributed by atoms with Gasteiger partial charge in [0.15, 0.2) is 5.78 Å². The van der Waals surface area contributed by atoms with E-state index in [1.54, 1.807) is 19.1 Å². The molecule has 0 aliphatic rings. The van der Waals surface area contributed by atoms with E-state index in [9.17, 15) is 4.79 Å². The lowest BCUT2D eigenvalue weighted by Gasteiger charge is -1.94. The largest absolute Gasteiger partial charge is 0.295 e. The zero-order chi connectivity index (χ0) is 8.69. The average Bonchev–Trinajstić information content (AvgIpc) is 1.85. The Morgan fingerprint density at radius 2 is 2.00 bits per heavy atom. The van der Waals surface area contributed by atoms with Gasteiger partial charge in [0.1, 0.15) is 0 Å². The Bertz CT molecular complexity index is 164. The van der Waals surface area contributed by atoms with E-state index in [2.05, 4.69) is 19.9 Å². The van der Waals surface area contributed by atoms with Crippen LogP contribution >= 0.6 is 0 Å². The minimum Gasteiger partial charge on any atom is -0.295 e. The number of carbonyl (C=O) groups is 1. The first kappa shape index (κ1) is 10.2.